The zero-order chi connectivity index (χ0) is 26.6. The van der Waals surface area contributed by atoms with Crippen LogP contribution >= 0.6 is 0 Å². The van der Waals surface area contributed by atoms with Crippen LogP contribution in [0.1, 0.15) is 29.2 Å². The Hall–Kier alpha value is -4.41. The van der Waals surface area contributed by atoms with Gasteiger partial charge in [0.25, 0.3) is 11.5 Å². The zero-order valence-electron chi connectivity index (χ0n) is 19.6. The van der Waals surface area contributed by atoms with E-state index in [1.165, 1.54) is 5.01 Å². The predicted molar refractivity (Wildman–Crippen MR) is 127 cm³/mol. The summed E-state index contributed by atoms with van der Waals surface area (Å²) in [6, 6.07) is 17.3. The Balaban J connectivity index is 1.49. The molecule has 1 atom stereocenters. The van der Waals surface area contributed by atoms with Crippen molar-refractivity contribution in [3.63, 3.8) is 0 Å². The molecule has 192 valence electrons. The van der Waals surface area contributed by atoms with E-state index in [1.54, 1.807) is 31.4 Å². The van der Waals surface area contributed by atoms with Crippen molar-refractivity contribution in [1.82, 2.24) is 9.58 Å². The van der Waals surface area contributed by atoms with Gasteiger partial charge in [-0.1, -0.05) is 42.5 Å². The van der Waals surface area contributed by atoms with Gasteiger partial charge in [-0.2, -0.15) is 18.3 Å². The van der Waals surface area contributed by atoms with E-state index in [9.17, 15) is 27.6 Å². The standard InChI is InChI=1S/C26H22F3N3O5/c1-36-20-10-7-18(8-11-20)22-13-21(17-5-3-2-4-6-17)30-32(22)24(34)16-37-25(35)15-31-14-19(26(27,28)29)9-12-23(31)33/h2-12,14,22H,13,15-16H2,1H3. The second-order valence-corrected chi connectivity index (χ2v) is 8.19. The molecule has 1 aromatic heterocycles. The van der Waals surface area contributed by atoms with Gasteiger partial charge in [-0.25, -0.2) is 5.01 Å². The van der Waals surface area contributed by atoms with Crippen molar-refractivity contribution in [1.29, 1.82) is 0 Å². The first kappa shape index (κ1) is 25.7. The number of esters is 1. The van der Waals surface area contributed by atoms with Gasteiger partial charge < -0.3 is 14.0 Å². The van der Waals surface area contributed by atoms with Gasteiger partial charge >= 0.3 is 12.1 Å². The van der Waals surface area contributed by atoms with Crippen LogP contribution in [0.4, 0.5) is 13.2 Å². The lowest BCUT2D eigenvalue weighted by atomic mass is 9.98. The first-order chi connectivity index (χ1) is 17.7. The molecule has 2 heterocycles. The molecule has 0 N–H and O–H groups in total. The summed E-state index contributed by atoms with van der Waals surface area (Å²) >= 11 is 0. The van der Waals surface area contributed by atoms with E-state index in [-0.39, 0.29) is 0 Å². The number of hydrogen-bond donors (Lipinski definition) is 0. The minimum Gasteiger partial charge on any atom is -0.497 e. The van der Waals surface area contributed by atoms with E-state index in [2.05, 4.69) is 5.10 Å². The summed E-state index contributed by atoms with van der Waals surface area (Å²) in [4.78, 5) is 37.2. The summed E-state index contributed by atoms with van der Waals surface area (Å²) in [5, 5.41) is 5.70. The number of alkyl halides is 3. The quantitative estimate of drug-likeness (QED) is 0.449. The lowest BCUT2D eigenvalue weighted by molar-refractivity contribution is -0.153. The Bertz CT molecular complexity index is 1370. The summed E-state index contributed by atoms with van der Waals surface area (Å²) in [7, 11) is 1.54. The zero-order valence-corrected chi connectivity index (χ0v) is 19.6. The van der Waals surface area contributed by atoms with Gasteiger partial charge in [0, 0.05) is 18.7 Å². The van der Waals surface area contributed by atoms with Crippen molar-refractivity contribution in [2.24, 2.45) is 5.10 Å². The molecule has 8 nitrogen and oxygen atoms in total. The van der Waals surface area contributed by atoms with Gasteiger partial charge in [0.05, 0.1) is 24.4 Å². The van der Waals surface area contributed by atoms with E-state index < -0.39 is 48.4 Å². The molecule has 0 saturated heterocycles. The largest absolute Gasteiger partial charge is 0.497 e. The molecule has 0 saturated carbocycles. The van der Waals surface area contributed by atoms with E-state index in [1.807, 2.05) is 30.3 Å². The molecule has 1 amide bonds. The third-order valence-corrected chi connectivity index (χ3v) is 5.74. The summed E-state index contributed by atoms with van der Waals surface area (Å²) in [6.45, 7) is -1.48. The van der Waals surface area contributed by atoms with Crippen molar-refractivity contribution in [3.8, 4) is 5.75 Å². The maximum Gasteiger partial charge on any atom is 0.417 e. The first-order valence-electron chi connectivity index (χ1n) is 11.2. The summed E-state index contributed by atoms with van der Waals surface area (Å²) < 4.78 is 49.6. The molecule has 0 fully saturated rings. The summed E-state index contributed by atoms with van der Waals surface area (Å²) in [5.41, 5.74) is 0.380. The Kier molecular flexibility index (Phi) is 7.42. The van der Waals surface area contributed by atoms with Gasteiger partial charge in [0.15, 0.2) is 6.61 Å². The van der Waals surface area contributed by atoms with Crippen LogP contribution in [0.3, 0.4) is 0 Å². The Morgan fingerprint density at radius 1 is 1.03 bits per heavy atom. The van der Waals surface area contributed by atoms with Crippen LogP contribution < -0.4 is 10.3 Å². The predicted octanol–water partition coefficient (Wildman–Crippen LogP) is 3.80. The van der Waals surface area contributed by atoms with Crippen molar-refractivity contribution in [2.45, 2.75) is 25.2 Å². The highest BCUT2D eigenvalue weighted by molar-refractivity contribution is 6.03. The molecule has 0 spiro atoms. The molecule has 37 heavy (non-hydrogen) atoms. The highest BCUT2D eigenvalue weighted by Gasteiger charge is 2.34. The number of carbonyl (C=O) groups excluding carboxylic acids is 2. The molecule has 1 unspecified atom stereocenters. The molecule has 1 aliphatic heterocycles. The number of halogens is 3. The third-order valence-electron chi connectivity index (χ3n) is 5.74. The lowest BCUT2D eigenvalue weighted by Crippen LogP contribution is -2.32. The second-order valence-electron chi connectivity index (χ2n) is 8.19. The smallest absolute Gasteiger partial charge is 0.417 e. The number of ether oxygens (including phenoxy) is 2. The SMILES string of the molecule is COc1ccc(C2CC(c3ccccc3)=NN2C(=O)COC(=O)Cn2cc(C(F)(F)F)ccc2=O)cc1. The number of nitrogens with zero attached hydrogens (tertiary/aromatic N) is 3. The molecule has 0 bridgehead atoms. The van der Waals surface area contributed by atoms with Gasteiger partial charge in [0.2, 0.25) is 0 Å². The van der Waals surface area contributed by atoms with E-state index in [4.69, 9.17) is 9.47 Å². The van der Waals surface area contributed by atoms with Crippen molar-refractivity contribution in [3.05, 3.63) is 100.0 Å². The van der Waals surface area contributed by atoms with Gasteiger partial charge in [-0.3, -0.25) is 14.4 Å². The Morgan fingerprint density at radius 3 is 2.38 bits per heavy atom. The number of amides is 1. The fourth-order valence-electron chi connectivity index (χ4n) is 3.85. The van der Waals surface area contributed by atoms with Crippen LogP contribution in [-0.2, 0) is 27.0 Å². The molecule has 1 aliphatic rings. The average Bonchev–Trinajstić information content (AvgIpc) is 3.34. The Morgan fingerprint density at radius 2 is 1.73 bits per heavy atom. The van der Waals surface area contributed by atoms with E-state index in [0.29, 0.717) is 40.8 Å². The number of hydrazone groups is 1. The number of carbonyl (C=O) groups is 2. The van der Waals surface area contributed by atoms with E-state index in [0.717, 1.165) is 11.1 Å². The van der Waals surface area contributed by atoms with E-state index >= 15 is 0 Å². The second kappa shape index (κ2) is 10.7. The van der Waals surface area contributed by atoms with Crippen LogP contribution in [0, 0.1) is 0 Å². The van der Waals surface area contributed by atoms with Crippen molar-refractivity contribution >= 4 is 17.6 Å². The summed E-state index contributed by atoms with van der Waals surface area (Å²) in [6.07, 6.45) is -3.74. The van der Waals surface area contributed by atoms with Crippen molar-refractivity contribution in [2.75, 3.05) is 13.7 Å². The normalized spacial score (nSPS) is 15.3. The molecular formula is C26H22F3N3O5. The number of benzene rings is 2. The highest BCUT2D eigenvalue weighted by Crippen LogP contribution is 2.33. The molecule has 0 radical (unpaired) electrons. The van der Waals surface area contributed by atoms with Crippen LogP contribution in [0.25, 0.3) is 0 Å². The molecule has 3 aromatic rings. The Labute approximate surface area is 209 Å². The molecular weight excluding hydrogens is 491 g/mol. The fraction of sp³-hybridized carbons (Fsp3) is 0.231. The third kappa shape index (κ3) is 6.05. The maximum atomic E-state index is 13.0. The molecule has 2 aromatic carbocycles. The monoisotopic (exact) mass is 513 g/mol. The fourth-order valence-corrected chi connectivity index (χ4v) is 3.85. The maximum absolute atomic E-state index is 13.0. The van der Waals surface area contributed by atoms with Crippen LogP contribution in [0.5, 0.6) is 5.75 Å². The number of pyridine rings is 1. The highest BCUT2D eigenvalue weighted by atomic mass is 19.4. The van der Waals surface area contributed by atoms with Crippen LogP contribution in [0.2, 0.25) is 0 Å². The van der Waals surface area contributed by atoms with Gasteiger partial charge in [-0.15, -0.1) is 0 Å². The molecule has 4 rings (SSSR count). The molecule has 0 aliphatic carbocycles. The van der Waals surface area contributed by atoms with Crippen LogP contribution in [0.15, 0.2) is 82.8 Å². The lowest BCUT2D eigenvalue weighted by Gasteiger charge is -2.22. The number of methoxy groups -OCH3 is 1. The minimum atomic E-state index is -4.68. The first-order valence-corrected chi connectivity index (χ1v) is 11.2. The molecule has 11 heteroatoms. The number of hydrogen-bond acceptors (Lipinski definition) is 6. The summed E-state index contributed by atoms with van der Waals surface area (Å²) in [5.74, 6) is -1.03. The minimum absolute atomic E-state index is 0.412. The topological polar surface area (TPSA) is 90.2 Å². The van der Waals surface area contributed by atoms with Crippen molar-refractivity contribution < 1.29 is 32.2 Å². The average molecular weight is 513 g/mol. The van der Waals surface area contributed by atoms with Gasteiger partial charge in [0.1, 0.15) is 12.3 Å². The number of rotatable bonds is 7. The van der Waals surface area contributed by atoms with Gasteiger partial charge in [-0.05, 0) is 29.3 Å². The van der Waals surface area contributed by atoms with Crippen LogP contribution in [-0.4, -0.2) is 40.9 Å². The number of aromatic nitrogens is 1.